The molecule has 5 N–H and O–H groups in total. The van der Waals surface area contributed by atoms with Crippen molar-refractivity contribution >= 4 is 23.4 Å². The Morgan fingerprint density at radius 1 is 0.966 bits per heavy atom. The van der Waals surface area contributed by atoms with Gasteiger partial charge in [-0.2, -0.15) is 0 Å². The number of nitrogens with one attached hydrogen (secondary N) is 1. The molecule has 7 heteroatoms. The number of benzene rings is 2. The number of carbonyl (C=O) groups excluding carboxylic acids is 2. The molecule has 0 radical (unpaired) electrons. The van der Waals surface area contributed by atoms with Crippen molar-refractivity contribution in [2.24, 2.45) is 5.73 Å². The van der Waals surface area contributed by atoms with Gasteiger partial charge in [0.25, 0.3) is 5.91 Å². The number of carbonyl (C=O) groups is 2. The van der Waals surface area contributed by atoms with Gasteiger partial charge in [-0.05, 0) is 36.2 Å². The van der Waals surface area contributed by atoms with E-state index in [0.717, 1.165) is 16.7 Å². The number of aromatic nitrogens is 1. The third-order valence-corrected chi connectivity index (χ3v) is 4.43. The van der Waals surface area contributed by atoms with Gasteiger partial charge in [-0.25, -0.2) is 9.78 Å². The number of nitrogens with zero attached hydrogens (tertiary/aromatic N) is 2. The van der Waals surface area contributed by atoms with Gasteiger partial charge in [-0.3, -0.25) is 4.79 Å². The summed E-state index contributed by atoms with van der Waals surface area (Å²) in [6.07, 6.45) is 1.53. The van der Waals surface area contributed by atoms with E-state index in [0.29, 0.717) is 30.2 Å². The molecule has 0 aliphatic rings. The topological polar surface area (TPSA) is 114 Å². The first-order valence-electron chi connectivity index (χ1n) is 9.12. The Balaban J connectivity index is 1.65. The summed E-state index contributed by atoms with van der Waals surface area (Å²) in [7, 11) is 0. The van der Waals surface area contributed by atoms with Crippen molar-refractivity contribution in [3.05, 3.63) is 89.1 Å². The smallest absolute Gasteiger partial charge is 0.315 e. The summed E-state index contributed by atoms with van der Waals surface area (Å²) < 4.78 is 0. The summed E-state index contributed by atoms with van der Waals surface area (Å²) >= 11 is 0. The van der Waals surface area contributed by atoms with Gasteiger partial charge in [0.05, 0.1) is 0 Å². The second kappa shape index (κ2) is 8.88. The van der Waals surface area contributed by atoms with E-state index in [-0.39, 0.29) is 5.91 Å². The SMILES string of the molecule is Cc1ccc(CN(Cc2ccc(C(=O)Nc3ccnc(N)c3)cc2)C(N)=O)cc1. The van der Waals surface area contributed by atoms with Gasteiger partial charge < -0.3 is 21.7 Å². The zero-order chi connectivity index (χ0) is 20.8. The highest BCUT2D eigenvalue weighted by Crippen LogP contribution is 2.14. The van der Waals surface area contributed by atoms with Crippen LogP contribution < -0.4 is 16.8 Å². The first-order valence-corrected chi connectivity index (χ1v) is 9.12. The number of aryl methyl sites for hydroxylation is 1. The summed E-state index contributed by atoms with van der Waals surface area (Å²) in [6, 6.07) is 17.7. The van der Waals surface area contributed by atoms with Crippen molar-refractivity contribution in [2.75, 3.05) is 11.1 Å². The second-order valence-electron chi connectivity index (χ2n) is 6.80. The minimum Gasteiger partial charge on any atom is -0.384 e. The maximum Gasteiger partial charge on any atom is 0.315 e. The van der Waals surface area contributed by atoms with Crippen molar-refractivity contribution in [1.29, 1.82) is 0 Å². The van der Waals surface area contributed by atoms with Crippen LogP contribution in [0.4, 0.5) is 16.3 Å². The van der Waals surface area contributed by atoms with Gasteiger partial charge in [0.15, 0.2) is 0 Å². The molecule has 0 spiro atoms. The van der Waals surface area contributed by atoms with E-state index in [1.807, 2.05) is 31.2 Å². The fraction of sp³-hybridized carbons (Fsp3) is 0.136. The molecular formula is C22H23N5O2. The molecule has 2 aromatic carbocycles. The lowest BCUT2D eigenvalue weighted by atomic mass is 10.1. The number of anilines is 2. The van der Waals surface area contributed by atoms with Crippen LogP contribution in [0.15, 0.2) is 66.9 Å². The lowest BCUT2D eigenvalue weighted by Gasteiger charge is -2.21. The molecule has 0 fully saturated rings. The molecule has 3 amide bonds. The molecule has 0 saturated heterocycles. The number of nitrogens with two attached hydrogens (primary N) is 2. The predicted octanol–water partition coefficient (Wildman–Crippen LogP) is 3.31. The first kappa shape index (κ1) is 19.9. The summed E-state index contributed by atoms with van der Waals surface area (Å²) in [5.74, 6) is 0.0758. The minimum atomic E-state index is -0.498. The maximum absolute atomic E-state index is 12.4. The highest BCUT2D eigenvalue weighted by atomic mass is 16.2. The van der Waals surface area contributed by atoms with Crippen LogP contribution in [0.25, 0.3) is 0 Å². The zero-order valence-corrected chi connectivity index (χ0v) is 16.1. The van der Waals surface area contributed by atoms with Crippen LogP contribution in [0, 0.1) is 6.92 Å². The minimum absolute atomic E-state index is 0.256. The molecule has 0 aliphatic heterocycles. The fourth-order valence-corrected chi connectivity index (χ4v) is 2.84. The number of nitrogen functional groups attached to an aromatic ring is 1. The average molecular weight is 389 g/mol. The number of hydrogen-bond acceptors (Lipinski definition) is 4. The maximum atomic E-state index is 12.4. The molecule has 0 unspecified atom stereocenters. The molecule has 1 aromatic heterocycles. The standard InChI is InChI=1S/C22H23N5O2/c1-15-2-4-16(5-3-15)13-27(22(24)29)14-17-6-8-18(9-7-17)21(28)26-19-10-11-25-20(23)12-19/h2-12H,13-14H2,1H3,(H2,24,29)(H3,23,25,26,28). The van der Waals surface area contributed by atoms with E-state index in [2.05, 4.69) is 10.3 Å². The Morgan fingerprint density at radius 2 is 1.55 bits per heavy atom. The van der Waals surface area contributed by atoms with Crippen LogP contribution in [0.2, 0.25) is 0 Å². The van der Waals surface area contributed by atoms with Crippen molar-refractivity contribution in [3.63, 3.8) is 0 Å². The Bertz CT molecular complexity index is 1000. The van der Waals surface area contributed by atoms with Crippen LogP contribution in [0.1, 0.15) is 27.0 Å². The highest BCUT2D eigenvalue weighted by molar-refractivity contribution is 6.04. The van der Waals surface area contributed by atoms with E-state index >= 15 is 0 Å². The van der Waals surface area contributed by atoms with Gasteiger partial charge in [-0.15, -0.1) is 0 Å². The predicted molar refractivity (Wildman–Crippen MR) is 113 cm³/mol. The van der Waals surface area contributed by atoms with Crippen LogP contribution in [-0.2, 0) is 13.1 Å². The van der Waals surface area contributed by atoms with Crippen molar-refractivity contribution in [1.82, 2.24) is 9.88 Å². The van der Waals surface area contributed by atoms with Crippen molar-refractivity contribution in [3.8, 4) is 0 Å². The van der Waals surface area contributed by atoms with Crippen LogP contribution >= 0.6 is 0 Å². The lowest BCUT2D eigenvalue weighted by Crippen LogP contribution is -2.34. The first-order chi connectivity index (χ1) is 13.9. The van der Waals surface area contributed by atoms with Crippen LogP contribution in [0.3, 0.4) is 0 Å². The third kappa shape index (κ3) is 5.55. The van der Waals surface area contributed by atoms with Crippen molar-refractivity contribution in [2.45, 2.75) is 20.0 Å². The molecule has 29 heavy (non-hydrogen) atoms. The monoisotopic (exact) mass is 389 g/mol. The fourth-order valence-electron chi connectivity index (χ4n) is 2.84. The normalized spacial score (nSPS) is 10.4. The second-order valence-corrected chi connectivity index (χ2v) is 6.80. The van der Waals surface area contributed by atoms with Gasteiger partial charge in [-0.1, -0.05) is 42.0 Å². The summed E-state index contributed by atoms with van der Waals surface area (Å²) in [5, 5.41) is 2.77. The Kier molecular flexibility index (Phi) is 6.09. The number of rotatable bonds is 6. The van der Waals surface area contributed by atoms with Gasteiger partial charge in [0.2, 0.25) is 0 Å². The molecule has 3 aromatic rings. The van der Waals surface area contributed by atoms with Gasteiger partial charge in [0.1, 0.15) is 5.82 Å². The van der Waals surface area contributed by atoms with Gasteiger partial charge in [0, 0.05) is 36.6 Å². The van der Waals surface area contributed by atoms with E-state index < -0.39 is 6.03 Å². The molecule has 0 atom stereocenters. The number of primary amides is 1. The lowest BCUT2D eigenvalue weighted by molar-refractivity contribution is 0.102. The van der Waals surface area contributed by atoms with Crippen molar-refractivity contribution < 1.29 is 9.59 Å². The largest absolute Gasteiger partial charge is 0.384 e. The van der Waals surface area contributed by atoms with Crippen LogP contribution in [0.5, 0.6) is 0 Å². The molecule has 0 aliphatic carbocycles. The number of pyridine rings is 1. The Labute approximate surface area is 169 Å². The molecule has 0 saturated carbocycles. The Hall–Kier alpha value is -3.87. The molecular weight excluding hydrogens is 366 g/mol. The van der Waals surface area contributed by atoms with E-state index in [4.69, 9.17) is 11.5 Å². The number of urea groups is 1. The Morgan fingerprint density at radius 3 is 2.10 bits per heavy atom. The average Bonchev–Trinajstić information content (AvgIpc) is 2.69. The van der Waals surface area contributed by atoms with E-state index in [1.54, 1.807) is 41.3 Å². The number of amides is 3. The quantitative estimate of drug-likeness (QED) is 0.600. The summed E-state index contributed by atoms with van der Waals surface area (Å²) in [4.78, 5) is 29.7. The molecule has 1 heterocycles. The molecule has 0 bridgehead atoms. The van der Waals surface area contributed by atoms with E-state index in [1.165, 1.54) is 6.20 Å². The highest BCUT2D eigenvalue weighted by Gasteiger charge is 2.12. The molecule has 148 valence electrons. The third-order valence-electron chi connectivity index (χ3n) is 4.43. The van der Waals surface area contributed by atoms with E-state index in [9.17, 15) is 9.59 Å². The zero-order valence-electron chi connectivity index (χ0n) is 16.1. The van der Waals surface area contributed by atoms with Gasteiger partial charge >= 0.3 is 6.03 Å². The van der Waals surface area contributed by atoms with Crippen LogP contribution in [-0.4, -0.2) is 21.8 Å². The summed E-state index contributed by atoms with van der Waals surface area (Å²) in [6.45, 7) is 2.78. The summed E-state index contributed by atoms with van der Waals surface area (Å²) in [5.41, 5.74) is 15.3. The number of hydrogen-bond donors (Lipinski definition) is 3. The molecule has 7 nitrogen and oxygen atoms in total. The molecule has 3 rings (SSSR count).